The number of nitrogens with one attached hydrogen (secondary N) is 1. The highest BCUT2D eigenvalue weighted by Crippen LogP contribution is 2.31. The van der Waals surface area contributed by atoms with Gasteiger partial charge in [-0.1, -0.05) is 0 Å². The lowest BCUT2D eigenvalue weighted by atomic mass is 10.1. The van der Waals surface area contributed by atoms with Crippen LogP contribution in [0.4, 0.5) is 11.8 Å². The molecule has 4 aromatic rings. The first-order chi connectivity index (χ1) is 18.1. The second-order valence-corrected chi connectivity index (χ2v) is 9.52. The third kappa shape index (κ3) is 4.65. The van der Waals surface area contributed by atoms with E-state index in [1.54, 1.807) is 12.4 Å². The molecule has 0 amide bonds. The van der Waals surface area contributed by atoms with E-state index in [2.05, 4.69) is 33.6 Å². The summed E-state index contributed by atoms with van der Waals surface area (Å²) in [6.07, 6.45) is 3.40. The van der Waals surface area contributed by atoms with Gasteiger partial charge in [0.25, 0.3) is 0 Å². The van der Waals surface area contributed by atoms with Crippen LogP contribution >= 0.6 is 0 Å². The van der Waals surface area contributed by atoms with Crippen molar-refractivity contribution in [3.05, 3.63) is 59.1 Å². The maximum absolute atomic E-state index is 11.7. The molecule has 1 N–H and O–H groups in total. The lowest BCUT2D eigenvalue weighted by Gasteiger charge is -2.37. The Balaban J connectivity index is 1.42. The number of pyridine rings is 3. The van der Waals surface area contributed by atoms with Crippen molar-refractivity contribution >= 4 is 22.8 Å². The minimum Gasteiger partial charge on any atom is -0.377 e. The predicted octanol–water partition coefficient (Wildman–Crippen LogP) is 2.89. The van der Waals surface area contributed by atoms with Crippen molar-refractivity contribution < 1.29 is 9.47 Å². The Morgan fingerprint density at radius 2 is 1.62 bits per heavy atom. The molecule has 190 valence electrons. The number of anilines is 2. The highest BCUT2D eigenvalue weighted by molar-refractivity contribution is 5.90. The standard InChI is InChI=1S/C27H29N7O3/c1-17-15-36-11-9-33(17)26-21-4-6-23(20-3-5-22(29-14-20)19-7-8-28-24(35)13-19)30-25(21)31-27(32-26)34-10-12-37-16-18(34)2/h3-8,13-14,17-18H,9-12,15-16H2,1-2H3,(H,28,35)/t17-,18-/m0/s1. The third-order valence-electron chi connectivity index (χ3n) is 6.92. The number of aromatic amines is 1. The molecule has 10 heteroatoms. The van der Waals surface area contributed by atoms with Crippen molar-refractivity contribution in [1.82, 2.24) is 24.9 Å². The average molecular weight is 500 g/mol. The number of fused-ring (bicyclic) bond motifs is 1. The van der Waals surface area contributed by atoms with Gasteiger partial charge in [-0.15, -0.1) is 0 Å². The monoisotopic (exact) mass is 499 g/mol. The molecular formula is C27H29N7O3. The fourth-order valence-electron chi connectivity index (χ4n) is 4.88. The van der Waals surface area contributed by atoms with Gasteiger partial charge in [-0.05, 0) is 44.2 Å². The zero-order chi connectivity index (χ0) is 25.4. The maximum atomic E-state index is 11.7. The van der Waals surface area contributed by atoms with Crippen molar-refractivity contribution in [3.8, 4) is 22.5 Å². The molecule has 4 aromatic heterocycles. The minimum atomic E-state index is -0.157. The fraction of sp³-hybridized carbons (Fsp3) is 0.370. The first kappa shape index (κ1) is 23.5. The molecule has 0 saturated carbocycles. The van der Waals surface area contributed by atoms with Crippen LogP contribution in [0.5, 0.6) is 0 Å². The van der Waals surface area contributed by atoms with Gasteiger partial charge in [0.1, 0.15) is 5.82 Å². The van der Waals surface area contributed by atoms with Crippen LogP contribution in [-0.4, -0.2) is 76.5 Å². The Kier molecular flexibility index (Phi) is 6.27. The SMILES string of the molecule is C[C@H]1COCCN1c1nc(N2CCOC[C@@H]2C)c2ccc(-c3ccc(-c4cc[nH]c(=O)c4)nc3)nc2n1. The summed E-state index contributed by atoms with van der Waals surface area (Å²) in [6, 6.07) is 11.6. The van der Waals surface area contributed by atoms with E-state index >= 15 is 0 Å². The summed E-state index contributed by atoms with van der Waals surface area (Å²) in [6.45, 7) is 8.39. The second-order valence-electron chi connectivity index (χ2n) is 9.52. The highest BCUT2D eigenvalue weighted by atomic mass is 16.5. The van der Waals surface area contributed by atoms with Crippen molar-refractivity contribution in [2.75, 3.05) is 49.3 Å². The van der Waals surface area contributed by atoms with Gasteiger partial charge in [0.2, 0.25) is 11.5 Å². The number of ether oxygens (including phenoxy) is 2. The second kappa shape index (κ2) is 9.87. The molecule has 0 spiro atoms. The van der Waals surface area contributed by atoms with E-state index in [4.69, 9.17) is 24.4 Å². The Morgan fingerprint density at radius 3 is 2.32 bits per heavy atom. The molecule has 2 atom stereocenters. The molecule has 2 aliphatic heterocycles. The van der Waals surface area contributed by atoms with Gasteiger partial charge in [-0.3, -0.25) is 9.78 Å². The molecule has 37 heavy (non-hydrogen) atoms. The Bertz CT molecular complexity index is 1470. The Hall–Kier alpha value is -3.89. The molecule has 0 radical (unpaired) electrons. The van der Waals surface area contributed by atoms with E-state index < -0.39 is 0 Å². The number of rotatable bonds is 4. The molecule has 0 unspecified atom stereocenters. The van der Waals surface area contributed by atoms with Crippen LogP contribution in [0.2, 0.25) is 0 Å². The summed E-state index contributed by atoms with van der Waals surface area (Å²) in [5.41, 5.74) is 3.63. The van der Waals surface area contributed by atoms with E-state index in [1.165, 1.54) is 6.07 Å². The van der Waals surface area contributed by atoms with Crippen molar-refractivity contribution in [2.24, 2.45) is 0 Å². The number of morpholine rings is 2. The van der Waals surface area contributed by atoms with Gasteiger partial charge in [0.15, 0.2) is 5.65 Å². The van der Waals surface area contributed by atoms with Crippen LogP contribution in [0.3, 0.4) is 0 Å². The summed E-state index contributed by atoms with van der Waals surface area (Å²) in [4.78, 5) is 38.3. The molecule has 2 saturated heterocycles. The van der Waals surface area contributed by atoms with Crippen LogP contribution in [-0.2, 0) is 9.47 Å². The van der Waals surface area contributed by atoms with E-state index in [0.717, 1.165) is 46.8 Å². The van der Waals surface area contributed by atoms with E-state index in [9.17, 15) is 4.79 Å². The molecule has 0 aliphatic carbocycles. The Labute approximate surface area is 214 Å². The van der Waals surface area contributed by atoms with Crippen LogP contribution in [0.25, 0.3) is 33.5 Å². The molecule has 6 heterocycles. The number of hydrogen-bond donors (Lipinski definition) is 1. The van der Waals surface area contributed by atoms with Crippen LogP contribution in [0.1, 0.15) is 13.8 Å². The lowest BCUT2D eigenvalue weighted by Crippen LogP contribution is -2.46. The summed E-state index contributed by atoms with van der Waals surface area (Å²) < 4.78 is 11.3. The van der Waals surface area contributed by atoms with Crippen molar-refractivity contribution in [3.63, 3.8) is 0 Å². The molecule has 10 nitrogen and oxygen atoms in total. The Morgan fingerprint density at radius 1 is 0.865 bits per heavy atom. The van der Waals surface area contributed by atoms with Crippen molar-refractivity contribution in [1.29, 1.82) is 0 Å². The number of H-pyrrole nitrogens is 1. The average Bonchev–Trinajstić information content (AvgIpc) is 2.93. The molecule has 0 aromatic carbocycles. The largest absolute Gasteiger partial charge is 0.377 e. The number of hydrogen-bond acceptors (Lipinski definition) is 9. The summed E-state index contributed by atoms with van der Waals surface area (Å²) in [5, 5.41) is 0.912. The number of aromatic nitrogens is 5. The molecule has 0 bridgehead atoms. The zero-order valence-corrected chi connectivity index (χ0v) is 20.9. The van der Waals surface area contributed by atoms with Gasteiger partial charge >= 0.3 is 0 Å². The maximum Gasteiger partial charge on any atom is 0.248 e. The topological polar surface area (TPSA) is 109 Å². The van der Waals surface area contributed by atoms with Gasteiger partial charge in [-0.25, -0.2) is 4.98 Å². The number of nitrogens with zero attached hydrogens (tertiary/aromatic N) is 6. The summed E-state index contributed by atoms with van der Waals surface area (Å²) in [5.74, 6) is 1.56. The van der Waals surface area contributed by atoms with Crippen LogP contribution < -0.4 is 15.4 Å². The third-order valence-corrected chi connectivity index (χ3v) is 6.92. The predicted molar refractivity (Wildman–Crippen MR) is 142 cm³/mol. The van der Waals surface area contributed by atoms with Crippen LogP contribution in [0.15, 0.2) is 53.6 Å². The molecule has 6 rings (SSSR count). The van der Waals surface area contributed by atoms with E-state index in [1.807, 2.05) is 30.3 Å². The zero-order valence-electron chi connectivity index (χ0n) is 20.9. The summed E-state index contributed by atoms with van der Waals surface area (Å²) >= 11 is 0. The summed E-state index contributed by atoms with van der Waals surface area (Å²) in [7, 11) is 0. The molecule has 2 fully saturated rings. The van der Waals surface area contributed by atoms with E-state index in [0.29, 0.717) is 38.0 Å². The van der Waals surface area contributed by atoms with Crippen LogP contribution in [0, 0.1) is 0 Å². The quantitative estimate of drug-likeness (QED) is 0.453. The van der Waals surface area contributed by atoms with Gasteiger partial charge < -0.3 is 24.3 Å². The van der Waals surface area contributed by atoms with Gasteiger partial charge in [0.05, 0.1) is 55.3 Å². The van der Waals surface area contributed by atoms with Crippen molar-refractivity contribution in [2.45, 2.75) is 25.9 Å². The first-order valence-electron chi connectivity index (χ1n) is 12.6. The smallest absolute Gasteiger partial charge is 0.248 e. The van der Waals surface area contributed by atoms with Gasteiger partial charge in [-0.2, -0.15) is 9.97 Å². The fourth-order valence-corrected chi connectivity index (χ4v) is 4.88. The van der Waals surface area contributed by atoms with E-state index in [-0.39, 0.29) is 17.6 Å². The van der Waals surface area contributed by atoms with Gasteiger partial charge in [0, 0.05) is 42.7 Å². The normalized spacial score (nSPS) is 20.4. The minimum absolute atomic E-state index is 0.157. The highest BCUT2D eigenvalue weighted by Gasteiger charge is 2.27. The molecule has 2 aliphatic rings. The lowest BCUT2D eigenvalue weighted by molar-refractivity contribution is 0.0973. The molecular weight excluding hydrogens is 470 g/mol. The first-order valence-corrected chi connectivity index (χ1v) is 12.6.